The molecule has 0 aliphatic carbocycles. The molecule has 0 aromatic heterocycles. The summed E-state index contributed by atoms with van der Waals surface area (Å²) in [6.45, 7) is 25.5. The molecule has 0 fully saturated rings. The number of carbonyl (C=O) groups is 3. The van der Waals surface area contributed by atoms with Gasteiger partial charge in [0.25, 0.3) is 0 Å². The molecule has 36 heavy (non-hydrogen) atoms. The molecule has 3 atom stereocenters. The second kappa shape index (κ2) is 17.1. The van der Waals surface area contributed by atoms with Gasteiger partial charge in [0.05, 0.1) is 39.6 Å². The van der Waals surface area contributed by atoms with Crippen molar-refractivity contribution in [1.29, 1.82) is 0 Å². The molecular formula is C27H47N3O6. The fourth-order valence-electron chi connectivity index (χ4n) is 2.95. The maximum absolute atomic E-state index is 11.8. The van der Waals surface area contributed by atoms with E-state index >= 15 is 0 Å². The van der Waals surface area contributed by atoms with Crippen molar-refractivity contribution in [3.8, 4) is 0 Å². The summed E-state index contributed by atoms with van der Waals surface area (Å²) in [7, 11) is 0. The van der Waals surface area contributed by atoms with Crippen molar-refractivity contribution < 1.29 is 28.6 Å². The zero-order valence-electron chi connectivity index (χ0n) is 23.3. The largest absolute Gasteiger partial charge is 0.379 e. The highest BCUT2D eigenvalue weighted by Crippen LogP contribution is 2.24. The average Bonchev–Trinajstić information content (AvgIpc) is 2.78. The minimum Gasteiger partial charge on any atom is -0.379 e. The van der Waals surface area contributed by atoms with Gasteiger partial charge in [-0.25, -0.2) is 0 Å². The van der Waals surface area contributed by atoms with Crippen molar-refractivity contribution in [1.82, 2.24) is 16.0 Å². The summed E-state index contributed by atoms with van der Waals surface area (Å²) in [5.41, 5.74) is 0.848. The fraction of sp³-hybridized carbons (Fsp3) is 0.667. The van der Waals surface area contributed by atoms with Crippen LogP contribution in [-0.2, 0) is 28.6 Å². The normalized spacial score (nSPS) is 15.1. The Kier molecular flexibility index (Phi) is 15.9. The molecule has 3 unspecified atom stereocenters. The molecule has 3 amide bonds. The predicted molar refractivity (Wildman–Crippen MR) is 142 cm³/mol. The number of nitrogens with one attached hydrogen (secondary N) is 3. The predicted octanol–water partition coefficient (Wildman–Crippen LogP) is 2.68. The number of hydrogen-bond acceptors (Lipinski definition) is 6. The van der Waals surface area contributed by atoms with Gasteiger partial charge in [-0.05, 0) is 48.0 Å². The van der Waals surface area contributed by atoms with E-state index in [9.17, 15) is 14.4 Å². The van der Waals surface area contributed by atoms with Crippen molar-refractivity contribution >= 4 is 17.7 Å². The topological polar surface area (TPSA) is 115 Å². The molecule has 206 valence electrons. The lowest BCUT2D eigenvalue weighted by atomic mass is 9.88. The Labute approximate surface area is 217 Å². The van der Waals surface area contributed by atoms with Crippen molar-refractivity contribution in [2.24, 2.45) is 5.41 Å². The van der Waals surface area contributed by atoms with Crippen molar-refractivity contribution in [2.45, 2.75) is 73.0 Å². The second-order valence-electron chi connectivity index (χ2n) is 9.86. The van der Waals surface area contributed by atoms with E-state index in [0.717, 1.165) is 0 Å². The molecule has 0 heterocycles. The van der Waals surface area contributed by atoms with E-state index in [4.69, 9.17) is 14.2 Å². The third kappa shape index (κ3) is 14.2. The van der Waals surface area contributed by atoms with Gasteiger partial charge in [0.2, 0.25) is 17.7 Å². The highest BCUT2D eigenvalue weighted by atomic mass is 16.5. The first-order valence-electron chi connectivity index (χ1n) is 12.3. The highest BCUT2D eigenvalue weighted by molar-refractivity contribution is 5.93. The number of amides is 3. The second-order valence-corrected chi connectivity index (χ2v) is 9.86. The van der Waals surface area contributed by atoms with E-state index in [-0.39, 0.29) is 35.8 Å². The standard InChI is InChI=1S/C27H47N3O6/c1-11-27(15-34-12-21(8)28-24(31)18(2)3,16-35-13-22(9)29-25(32)19(4)5)17-36-14-23(10)30-26(33)20(6)7/h21-23H,2,4,6,11-17H2,1,3,5,7-10H3,(H,28,31)(H,29,32)(H,30,33). The minimum atomic E-state index is -0.464. The molecule has 0 saturated heterocycles. The van der Waals surface area contributed by atoms with Crippen LogP contribution in [0.15, 0.2) is 36.5 Å². The SMILES string of the molecule is C=C(C)C(=O)NC(C)COCC(CC)(COCC(C)NC(=O)C(=C)C)COCC(C)NC(=O)C(=C)C. The Morgan fingerprint density at radius 2 is 0.889 bits per heavy atom. The summed E-state index contributed by atoms with van der Waals surface area (Å²) < 4.78 is 17.9. The first-order valence-corrected chi connectivity index (χ1v) is 12.3. The zero-order chi connectivity index (χ0) is 27.9. The molecular weight excluding hydrogens is 462 g/mol. The average molecular weight is 510 g/mol. The zero-order valence-corrected chi connectivity index (χ0v) is 23.3. The number of hydrogen-bond donors (Lipinski definition) is 3. The van der Waals surface area contributed by atoms with Crippen LogP contribution in [-0.4, -0.2) is 75.5 Å². The van der Waals surface area contributed by atoms with Gasteiger partial charge in [0, 0.05) is 40.3 Å². The van der Waals surface area contributed by atoms with Gasteiger partial charge in [-0.1, -0.05) is 26.7 Å². The van der Waals surface area contributed by atoms with E-state index in [0.29, 0.717) is 62.8 Å². The number of rotatable bonds is 19. The smallest absolute Gasteiger partial charge is 0.246 e. The first-order chi connectivity index (χ1) is 16.7. The molecule has 0 spiro atoms. The molecule has 9 heteroatoms. The van der Waals surface area contributed by atoms with Crippen molar-refractivity contribution in [3.63, 3.8) is 0 Å². The van der Waals surface area contributed by atoms with Gasteiger partial charge in [-0.3, -0.25) is 14.4 Å². The van der Waals surface area contributed by atoms with Gasteiger partial charge < -0.3 is 30.2 Å². The van der Waals surface area contributed by atoms with Crippen LogP contribution >= 0.6 is 0 Å². The summed E-state index contributed by atoms with van der Waals surface area (Å²) in [6, 6.07) is -0.582. The van der Waals surface area contributed by atoms with Crippen LogP contribution in [0.4, 0.5) is 0 Å². The van der Waals surface area contributed by atoms with Crippen molar-refractivity contribution in [3.05, 3.63) is 36.5 Å². The number of ether oxygens (including phenoxy) is 3. The highest BCUT2D eigenvalue weighted by Gasteiger charge is 2.31. The summed E-state index contributed by atoms with van der Waals surface area (Å²) in [6.07, 6.45) is 0.707. The van der Waals surface area contributed by atoms with Gasteiger partial charge in [-0.15, -0.1) is 0 Å². The molecule has 0 radical (unpaired) electrons. The van der Waals surface area contributed by atoms with Crippen LogP contribution < -0.4 is 16.0 Å². The molecule has 3 N–H and O–H groups in total. The van der Waals surface area contributed by atoms with E-state index in [1.165, 1.54) is 0 Å². The molecule has 0 saturated carbocycles. The lowest BCUT2D eigenvalue weighted by Gasteiger charge is -2.33. The molecule has 0 aliphatic rings. The Bertz CT molecular complexity index is 682. The Morgan fingerprint density at radius 1 is 0.639 bits per heavy atom. The molecule has 0 aromatic rings. The summed E-state index contributed by atoms with van der Waals surface area (Å²) in [5.74, 6) is -0.636. The fourth-order valence-corrected chi connectivity index (χ4v) is 2.95. The van der Waals surface area contributed by atoms with Crippen LogP contribution in [0.1, 0.15) is 54.9 Å². The Morgan fingerprint density at radius 3 is 1.08 bits per heavy atom. The van der Waals surface area contributed by atoms with Crippen LogP contribution in [0.2, 0.25) is 0 Å². The van der Waals surface area contributed by atoms with Gasteiger partial charge in [-0.2, -0.15) is 0 Å². The van der Waals surface area contributed by atoms with Gasteiger partial charge >= 0.3 is 0 Å². The van der Waals surface area contributed by atoms with Crippen molar-refractivity contribution in [2.75, 3.05) is 39.6 Å². The van der Waals surface area contributed by atoms with E-state index in [1.54, 1.807) is 20.8 Å². The third-order valence-electron chi connectivity index (χ3n) is 5.37. The van der Waals surface area contributed by atoms with Crippen LogP contribution in [0.3, 0.4) is 0 Å². The lowest BCUT2D eigenvalue weighted by Crippen LogP contribution is -2.43. The van der Waals surface area contributed by atoms with E-state index in [2.05, 4.69) is 35.7 Å². The summed E-state index contributed by atoms with van der Waals surface area (Å²) >= 11 is 0. The lowest BCUT2D eigenvalue weighted by molar-refractivity contribution is -0.119. The van der Waals surface area contributed by atoms with Crippen LogP contribution in [0.25, 0.3) is 0 Å². The maximum Gasteiger partial charge on any atom is 0.246 e. The van der Waals surface area contributed by atoms with Gasteiger partial charge in [0.15, 0.2) is 0 Å². The summed E-state index contributed by atoms with van der Waals surface area (Å²) in [5, 5.41) is 8.50. The molecule has 0 aromatic carbocycles. The summed E-state index contributed by atoms with van der Waals surface area (Å²) in [4.78, 5) is 35.5. The molecule has 9 nitrogen and oxygen atoms in total. The van der Waals surface area contributed by atoms with Crippen LogP contribution in [0, 0.1) is 5.41 Å². The van der Waals surface area contributed by atoms with E-state index < -0.39 is 5.41 Å². The van der Waals surface area contributed by atoms with Gasteiger partial charge in [0.1, 0.15) is 0 Å². The first kappa shape index (κ1) is 33.5. The maximum atomic E-state index is 11.8. The third-order valence-corrected chi connectivity index (χ3v) is 5.37. The molecule has 0 rings (SSSR count). The minimum absolute atomic E-state index is 0.194. The Balaban J connectivity index is 5.05. The Hall–Kier alpha value is -2.49. The molecule has 0 aliphatic heterocycles. The van der Waals surface area contributed by atoms with Crippen LogP contribution in [0.5, 0.6) is 0 Å². The molecule has 0 bridgehead atoms. The number of carbonyl (C=O) groups excluding carboxylic acids is 3. The van der Waals surface area contributed by atoms with E-state index in [1.807, 2.05) is 27.7 Å². The quantitative estimate of drug-likeness (QED) is 0.231. The monoisotopic (exact) mass is 509 g/mol.